The Hall–Kier alpha value is -1.41. The number of hydrogen-bond acceptors (Lipinski definition) is 1. The topological polar surface area (TPSA) is 9.23 Å². The Balaban J connectivity index is 2.11. The summed E-state index contributed by atoms with van der Waals surface area (Å²) < 4.78 is 5.19. The van der Waals surface area contributed by atoms with E-state index in [0.29, 0.717) is 0 Å². The zero-order valence-corrected chi connectivity index (χ0v) is 12.0. The second kappa shape index (κ2) is 5.96. The van der Waals surface area contributed by atoms with Crippen molar-refractivity contribution in [2.75, 3.05) is 13.4 Å². The molecule has 2 heteroatoms. The highest BCUT2D eigenvalue weighted by Gasteiger charge is 2.17. The standard InChI is InChI=1S/C16H19OS/c1-13-6-4-5-7-14(13)12-18(3)16-10-8-15(17-2)9-11-16/h4-11H,12H2,1-3H3/q+1. The Morgan fingerprint density at radius 2 is 1.67 bits per heavy atom. The third-order valence-corrected chi connectivity index (χ3v) is 4.92. The van der Waals surface area contributed by atoms with Gasteiger partial charge in [-0.2, -0.15) is 0 Å². The highest BCUT2D eigenvalue weighted by molar-refractivity contribution is 7.95. The number of hydrogen-bond donors (Lipinski definition) is 0. The molecule has 0 N–H and O–H groups in total. The van der Waals surface area contributed by atoms with Crippen LogP contribution in [0.3, 0.4) is 0 Å². The molecule has 2 rings (SSSR count). The van der Waals surface area contributed by atoms with Crippen molar-refractivity contribution in [1.82, 2.24) is 0 Å². The average Bonchev–Trinajstić information content (AvgIpc) is 2.41. The van der Waals surface area contributed by atoms with E-state index in [-0.39, 0.29) is 10.9 Å². The van der Waals surface area contributed by atoms with Gasteiger partial charge in [-0.1, -0.05) is 24.3 Å². The first kappa shape index (κ1) is 13.0. The minimum absolute atomic E-state index is 0.240. The molecule has 0 amide bonds. The van der Waals surface area contributed by atoms with Crippen LogP contribution in [0.2, 0.25) is 0 Å². The first-order valence-corrected chi connectivity index (χ1v) is 7.82. The lowest BCUT2D eigenvalue weighted by Gasteiger charge is -2.06. The van der Waals surface area contributed by atoms with E-state index in [4.69, 9.17) is 4.74 Å². The van der Waals surface area contributed by atoms with E-state index in [0.717, 1.165) is 11.5 Å². The van der Waals surface area contributed by atoms with Crippen molar-refractivity contribution in [3.05, 3.63) is 59.7 Å². The van der Waals surface area contributed by atoms with Gasteiger partial charge in [0.05, 0.1) is 7.11 Å². The van der Waals surface area contributed by atoms with Crippen molar-refractivity contribution in [2.24, 2.45) is 0 Å². The zero-order chi connectivity index (χ0) is 13.0. The minimum Gasteiger partial charge on any atom is -0.497 e. The Morgan fingerprint density at radius 1 is 1.00 bits per heavy atom. The van der Waals surface area contributed by atoms with Crippen LogP contribution in [0.15, 0.2) is 53.4 Å². The molecule has 2 aromatic rings. The van der Waals surface area contributed by atoms with Crippen LogP contribution < -0.4 is 4.74 Å². The van der Waals surface area contributed by atoms with Crippen LogP contribution in [0, 0.1) is 6.92 Å². The highest BCUT2D eigenvalue weighted by atomic mass is 32.2. The molecule has 0 saturated heterocycles. The summed E-state index contributed by atoms with van der Waals surface area (Å²) in [6.07, 6.45) is 2.30. The van der Waals surface area contributed by atoms with Crippen molar-refractivity contribution >= 4 is 10.9 Å². The zero-order valence-electron chi connectivity index (χ0n) is 11.1. The van der Waals surface area contributed by atoms with E-state index < -0.39 is 0 Å². The predicted molar refractivity (Wildman–Crippen MR) is 79.4 cm³/mol. The summed E-state index contributed by atoms with van der Waals surface area (Å²) in [6, 6.07) is 17.0. The van der Waals surface area contributed by atoms with Crippen molar-refractivity contribution in [3.63, 3.8) is 0 Å². The SMILES string of the molecule is COc1ccc([S+](C)Cc2ccccc2C)cc1. The lowest BCUT2D eigenvalue weighted by atomic mass is 10.1. The molecule has 0 aromatic heterocycles. The molecule has 0 aliphatic rings. The third kappa shape index (κ3) is 3.08. The van der Waals surface area contributed by atoms with Crippen molar-refractivity contribution in [3.8, 4) is 5.75 Å². The van der Waals surface area contributed by atoms with Crippen molar-refractivity contribution in [2.45, 2.75) is 17.6 Å². The first-order chi connectivity index (χ1) is 8.70. The molecule has 0 bridgehead atoms. The second-order valence-corrected chi connectivity index (χ2v) is 6.42. The van der Waals surface area contributed by atoms with Crippen molar-refractivity contribution in [1.29, 1.82) is 0 Å². The Labute approximate surface area is 112 Å². The van der Waals surface area contributed by atoms with E-state index in [9.17, 15) is 0 Å². The summed E-state index contributed by atoms with van der Waals surface area (Å²) in [6.45, 7) is 2.18. The molecule has 0 aliphatic carbocycles. The molecule has 0 aliphatic heterocycles. The van der Waals surface area contributed by atoms with Crippen LogP contribution in [-0.2, 0) is 16.6 Å². The molecule has 0 radical (unpaired) electrons. The molecule has 18 heavy (non-hydrogen) atoms. The van der Waals surface area contributed by atoms with Crippen LogP contribution in [0.4, 0.5) is 0 Å². The fraction of sp³-hybridized carbons (Fsp3) is 0.250. The van der Waals surface area contributed by atoms with Gasteiger partial charge in [0.25, 0.3) is 0 Å². The van der Waals surface area contributed by atoms with Crippen LogP contribution in [0.5, 0.6) is 5.75 Å². The molecule has 1 nitrogen and oxygen atoms in total. The van der Waals surface area contributed by atoms with Crippen LogP contribution in [0.1, 0.15) is 11.1 Å². The molecule has 0 saturated carbocycles. The Kier molecular flexibility index (Phi) is 4.32. The first-order valence-electron chi connectivity index (χ1n) is 6.02. The van der Waals surface area contributed by atoms with Gasteiger partial charge in [0.15, 0.2) is 4.90 Å². The van der Waals surface area contributed by atoms with Crippen LogP contribution in [-0.4, -0.2) is 13.4 Å². The van der Waals surface area contributed by atoms with Gasteiger partial charge in [-0.05, 0) is 36.8 Å². The highest BCUT2D eigenvalue weighted by Crippen LogP contribution is 2.21. The summed E-state index contributed by atoms with van der Waals surface area (Å²) in [5.41, 5.74) is 2.82. The summed E-state index contributed by atoms with van der Waals surface area (Å²) in [4.78, 5) is 1.39. The maximum Gasteiger partial charge on any atom is 0.155 e. The molecular formula is C16H19OS+. The number of rotatable bonds is 4. The smallest absolute Gasteiger partial charge is 0.155 e. The largest absolute Gasteiger partial charge is 0.497 e. The van der Waals surface area contributed by atoms with Gasteiger partial charge in [0.1, 0.15) is 17.8 Å². The Bertz CT molecular complexity index is 505. The van der Waals surface area contributed by atoms with Gasteiger partial charge >= 0.3 is 0 Å². The average molecular weight is 259 g/mol. The van der Waals surface area contributed by atoms with E-state index in [2.05, 4.69) is 49.6 Å². The molecule has 1 atom stereocenters. The lowest BCUT2D eigenvalue weighted by Crippen LogP contribution is -2.04. The number of ether oxygens (including phenoxy) is 1. The minimum atomic E-state index is 0.240. The molecule has 2 aromatic carbocycles. The monoisotopic (exact) mass is 259 g/mol. The van der Waals surface area contributed by atoms with Gasteiger partial charge in [0, 0.05) is 16.5 Å². The van der Waals surface area contributed by atoms with Gasteiger partial charge in [0.2, 0.25) is 0 Å². The molecular weight excluding hydrogens is 240 g/mol. The fourth-order valence-corrected chi connectivity index (χ4v) is 3.45. The van der Waals surface area contributed by atoms with Gasteiger partial charge < -0.3 is 4.74 Å². The maximum atomic E-state index is 5.19. The summed E-state index contributed by atoms with van der Waals surface area (Å²) in [5.74, 6) is 2.03. The quantitative estimate of drug-likeness (QED) is 0.759. The van der Waals surface area contributed by atoms with Crippen molar-refractivity contribution < 1.29 is 4.74 Å². The molecule has 0 heterocycles. The third-order valence-electron chi connectivity index (χ3n) is 3.10. The molecule has 1 unspecified atom stereocenters. The van der Waals surface area contributed by atoms with E-state index >= 15 is 0 Å². The molecule has 0 spiro atoms. The maximum absolute atomic E-state index is 5.19. The number of methoxy groups -OCH3 is 1. The number of aryl methyl sites for hydroxylation is 1. The van der Waals surface area contributed by atoms with Gasteiger partial charge in [-0.3, -0.25) is 0 Å². The lowest BCUT2D eigenvalue weighted by molar-refractivity contribution is 0.414. The van der Waals surface area contributed by atoms with E-state index in [1.165, 1.54) is 16.0 Å². The van der Waals surface area contributed by atoms with Gasteiger partial charge in [-0.25, -0.2) is 0 Å². The van der Waals surface area contributed by atoms with Gasteiger partial charge in [-0.15, -0.1) is 0 Å². The van der Waals surface area contributed by atoms with Crippen LogP contribution in [0.25, 0.3) is 0 Å². The normalized spacial score (nSPS) is 12.2. The van der Waals surface area contributed by atoms with Crippen LogP contribution >= 0.6 is 0 Å². The van der Waals surface area contributed by atoms with E-state index in [1.807, 2.05) is 12.1 Å². The predicted octanol–water partition coefficient (Wildman–Crippen LogP) is 3.81. The Morgan fingerprint density at radius 3 is 2.28 bits per heavy atom. The summed E-state index contributed by atoms with van der Waals surface area (Å²) >= 11 is 0. The summed E-state index contributed by atoms with van der Waals surface area (Å²) in [5, 5.41) is 0. The molecule has 94 valence electrons. The molecule has 0 fully saturated rings. The number of benzene rings is 2. The van der Waals surface area contributed by atoms with E-state index in [1.54, 1.807) is 7.11 Å². The fourth-order valence-electron chi connectivity index (χ4n) is 1.90. The second-order valence-electron chi connectivity index (χ2n) is 4.38. The summed E-state index contributed by atoms with van der Waals surface area (Å²) in [7, 11) is 1.94.